The number of rotatable bonds is 7. The highest BCUT2D eigenvalue weighted by atomic mass is 19.1. The minimum Gasteiger partial charge on any atom is -0.387 e. The molecule has 186 valence electrons. The zero-order valence-corrected chi connectivity index (χ0v) is 20.3. The number of hydrogen-bond donors (Lipinski definition) is 3. The van der Waals surface area contributed by atoms with Gasteiger partial charge in [-0.1, -0.05) is 0 Å². The number of alkyl halides is 1. The summed E-state index contributed by atoms with van der Waals surface area (Å²) in [5, 5.41) is 38.1. The van der Waals surface area contributed by atoms with Crippen LogP contribution in [0, 0.1) is 29.6 Å². The smallest absolute Gasteiger partial charge is 0.255 e. The highest BCUT2D eigenvalue weighted by molar-refractivity contribution is 6.00. The van der Waals surface area contributed by atoms with Gasteiger partial charge in [0.25, 0.3) is 5.91 Å². The molecule has 0 aliphatic heterocycles. The molecular weight excluding hydrogens is 475 g/mol. The third kappa shape index (κ3) is 5.37. The minimum absolute atomic E-state index is 0.121. The van der Waals surface area contributed by atoms with Crippen LogP contribution in [0.5, 0.6) is 0 Å². The largest absolute Gasteiger partial charge is 0.387 e. The lowest BCUT2D eigenvalue weighted by atomic mass is 10.0. The molecule has 4 aromatic heterocycles. The van der Waals surface area contributed by atoms with Gasteiger partial charge in [0.15, 0.2) is 0 Å². The number of pyridine rings is 2. The first-order chi connectivity index (χ1) is 17.6. The summed E-state index contributed by atoms with van der Waals surface area (Å²) < 4.78 is 15.9. The Kier molecular flexibility index (Phi) is 6.83. The zero-order valence-electron chi connectivity index (χ0n) is 20.3. The number of hydrogen-bond acceptors (Lipinski definition) is 8. The summed E-state index contributed by atoms with van der Waals surface area (Å²) in [6, 6.07) is 12.7. The van der Waals surface area contributed by atoms with Crippen molar-refractivity contribution in [2.45, 2.75) is 32.5 Å². The van der Waals surface area contributed by atoms with E-state index in [1.165, 1.54) is 32.4 Å². The van der Waals surface area contributed by atoms with Crippen LogP contribution in [0.3, 0.4) is 0 Å². The quantitative estimate of drug-likeness (QED) is 0.350. The summed E-state index contributed by atoms with van der Waals surface area (Å²) in [7, 11) is 0. The molecule has 0 aliphatic carbocycles. The molecule has 0 saturated heterocycles. The van der Waals surface area contributed by atoms with E-state index in [2.05, 4.69) is 37.8 Å². The van der Waals surface area contributed by atoms with Crippen LogP contribution < -0.4 is 10.6 Å². The first kappa shape index (κ1) is 25.2. The van der Waals surface area contributed by atoms with Crippen LogP contribution >= 0.6 is 0 Å². The number of halogens is 1. The molecule has 0 bridgehead atoms. The molecule has 0 fully saturated rings. The Morgan fingerprint density at radius 2 is 1.95 bits per heavy atom. The molecule has 0 radical (unpaired) electrons. The molecule has 3 N–H and O–H groups in total. The fraction of sp³-hybridized carbons (Fsp3) is 0.231. The number of nitrogens with zero attached hydrogens (tertiary/aromatic N) is 6. The maximum Gasteiger partial charge on any atom is 0.255 e. The average molecular weight is 499 g/mol. The average Bonchev–Trinajstić information content (AvgIpc) is 3.29. The maximum atomic E-state index is 14.2. The van der Waals surface area contributed by atoms with Gasteiger partial charge in [0.05, 0.1) is 57.6 Å². The molecule has 0 saturated carbocycles. The van der Waals surface area contributed by atoms with Crippen LogP contribution in [0.1, 0.15) is 40.9 Å². The Labute approximate surface area is 212 Å². The van der Waals surface area contributed by atoms with Gasteiger partial charge < -0.3 is 15.7 Å². The summed E-state index contributed by atoms with van der Waals surface area (Å²) in [5.41, 5.74) is 2.15. The van der Waals surface area contributed by atoms with Crippen LogP contribution in [0.25, 0.3) is 16.9 Å². The Morgan fingerprint density at radius 1 is 1.16 bits per heavy atom. The SMILES string of the molecule is Cc1cc(Nc2cc(-c3ccc4cc(C#N)cnn34)ncc2C(=O)NCC(F)C(C)(C)O)ncc1C#N. The number of carbonyl (C=O) groups excluding carboxylic acids is 1. The van der Waals surface area contributed by atoms with Gasteiger partial charge >= 0.3 is 0 Å². The number of fused-ring (bicyclic) bond motifs is 1. The molecule has 37 heavy (non-hydrogen) atoms. The van der Waals surface area contributed by atoms with E-state index in [1.54, 1.807) is 41.8 Å². The van der Waals surface area contributed by atoms with Gasteiger partial charge in [-0.3, -0.25) is 9.78 Å². The predicted octanol–water partition coefficient (Wildman–Crippen LogP) is 3.43. The number of carbonyl (C=O) groups is 1. The second-order valence-corrected chi connectivity index (χ2v) is 8.98. The van der Waals surface area contributed by atoms with Crippen molar-refractivity contribution in [3.8, 4) is 23.5 Å². The van der Waals surface area contributed by atoms with Crippen molar-refractivity contribution in [3.05, 3.63) is 71.2 Å². The summed E-state index contributed by atoms with van der Waals surface area (Å²) in [6.07, 6.45) is 2.54. The van der Waals surface area contributed by atoms with E-state index in [0.29, 0.717) is 45.1 Å². The number of aryl methyl sites for hydroxylation is 1. The van der Waals surface area contributed by atoms with Crippen molar-refractivity contribution < 1.29 is 14.3 Å². The Morgan fingerprint density at radius 3 is 2.62 bits per heavy atom. The number of nitrogens with one attached hydrogen (secondary N) is 2. The monoisotopic (exact) mass is 498 g/mol. The van der Waals surface area contributed by atoms with Gasteiger partial charge in [-0.2, -0.15) is 15.6 Å². The van der Waals surface area contributed by atoms with Gasteiger partial charge in [-0.05, 0) is 56.7 Å². The molecule has 11 heteroatoms. The second kappa shape index (κ2) is 10.0. The van der Waals surface area contributed by atoms with Gasteiger partial charge in [-0.25, -0.2) is 13.9 Å². The van der Waals surface area contributed by atoms with Crippen LogP contribution in [-0.4, -0.2) is 48.9 Å². The van der Waals surface area contributed by atoms with Crippen LogP contribution in [0.4, 0.5) is 15.9 Å². The van der Waals surface area contributed by atoms with Gasteiger partial charge in [0.2, 0.25) is 0 Å². The topological polar surface area (TPSA) is 152 Å². The van der Waals surface area contributed by atoms with E-state index in [1.807, 2.05) is 0 Å². The lowest BCUT2D eigenvalue weighted by Gasteiger charge is -2.22. The molecular formula is C26H23FN8O2. The molecule has 0 spiro atoms. The zero-order chi connectivity index (χ0) is 26.7. The molecule has 1 unspecified atom stereocenters. The molecule has 4 rings (SSSR count). The Bertz CT molecular complexity index is 1580. The van der Waals surface area contributed by atoms with Crippen molar-refractivity contribution >= 4 is 22.9 Å². The molecule has 4 heterocycles. The van der Waals surface area contributed by atoms with Crippen molar-refractivity contribution in [1.29, 1.82) is 10.5 Å². The molecule has 10 nitrogen and oxygen atoms in total. The number of amides is 1. The van der Waals surface area contributed by atoms with E-state index in [0.717, 1.165) is 0 Å². The van der Waals surface area contributed by atoms with Crippen LogP contribution in [-0.2, 0) is 0 Å². The third-order valence-electron chi connectivity index (χ3n) is 5.74. The normalized spacial score (nSPS) is 12.0. The molecule has 1 amide bonds. The Balaban J connectivity index is 1.73. The minimum atomic E-state index is -1.68. The lowest BCUT2D eigenvalue weighted by molar-refractivity contribution is -0.00177. The standard InChI is InChI=1S/C26H23FN8O2/c1-15-6-24(31-12-17(15)10-29)34-20-8-21(22-5-4-18-7-16(9-28)11-33-35(18)22)30-13-19(20)25(36)32-14-23(27)26(2,3)37/h4-8,11-13,23,37H,14H2,1-3H3,(H,32,36)(H,30,31,34). The summed E-state index contributed by atoms with van der Waals surface area (Å²) in [4.78, 5) is 21.7. The summed E-state index contributed by atoms with van der Waals surface area (Å²) >= 11 is 0. The van der Waals surface area contributed by atoms with Gasteiger partial charge in [0.1, 0.15) is 24.1 Å². The highest BCUT2D eigenvalue weighted by Crippen LogP contribution is 2.28. The molecule has 4 aromatic rings. The van der Waals surface area contributed by atoms with Crippen LogP contribution in [0.15, 0.2) is 48.9 Å². The number of nitriles is 2. The van der Waals surface area contributed by atoms with Crippen molar-refractivity contribution in [2.24, 2.45) is 0 Å². The summed E-state index contributed by atoms with van der Waals surface area (Å²) in [5.74, 6) is -0.213. The molecule has 0 aromatic carbocycles. The van der Waals surface area contributed by atoms with E-state index >= 15 is 0 Å². The van der Waals surface area contributed by atoms with Gasteiger partial charge in [-0.15, -0.1) is 0 Å². The Hall–Kier alpha value is -4.87. The van der Waals surface area contributed by atoms with Crippen molar-refractivity contribution in [2.75, 3.05) is 11.9 Å². The predicted molar refractivity (Wildman–Crippen MR) is 134 cm³/mol. The number of aliphatic hydroxyl groups is 1. The van der Waals surface area contributed by atoms with E-state index in [9.17, 15) is 19.6 Å². The molecule has 1 atom stereocenters. The van der Waals surface area contributed by atoms with E-state index in [4.69, 9.17) is 5.26 Å². The van der Waals surface area contributed by atoms with Crippen molar-refractivity contribution in [1.82, 2.24) is 24.9 Å². The third-order valence-corrected chi connectivity index (χ3v) is 5.74. The fourth-order valence-electron chi connectivity index (χ4n) is 3.54. The number of aromatic nitrogens is 4. The number of anilines is 2. The maximum absolute atomic E-state index is 14.2. The van der Waals surface area contributed by atoms with Crippen molar-refractivity contribution in [3.63, 3.8) is 0 Å². The fourth-order valence-corrected chi connectivity index (χ4v) is 3.54. The highest BCUT2D eigenvalue weighted by Gasteiger charge is 2.27. The first-order valence-corrected chi connectivity index (χ1v) is 11.3. The van der Waals surface area contributed by atoms with Gasteiger partial charge in [0, 0.05) is 12.4 Å². The van der Waals surface area contributed by atoms with Crippen LogP contribution in [0.2, 0.25) is 0 Å². The summed E-state index contributed by atoms with van der Waals surface area (Å²) in [6.45, 7) is 4.01. The lowest BCUT2D eigenvalue weighted by Crippen LogP contribution is -2.42. The van der Waals surface area contributed by atoms with E-state index < -0.39 is 24.2 Å². The van der Waals surface area contributed by atoms with E-state index in [-0.39, 0.29) is 5.56 Å². The molecule has 0 aliphatic rings. The first-order valence-electron chi connectivity index (χ1n) is 11.3. The second-order valence-electron chi connectivity index (χ2n) is 8.98.